The van der Waals surface area contributed by atoms with Crippen LogP contribution in [0.3, 0.4) is 0 Å². The molecule has 2 aliphatic rings. The first kappa shape index (κ1) is 12.3. The van der Waals surface area contributed by atoms with Crippen molar-refractivity contribution in [2.45, 2.75) is 41.9 Å². The second-order valence-electron chi connectivity index (χ2n) is 5.31. The molecule has 0 atom stereocenters. The minimum atomic E-state index is -2.13. The second-order valence-corrected chi connectivity index (χ2v) is 16.4. The van der Waals surface area contributed by atoms with Crippen LogP contribution in [0.15, 0.2) is 42.5 Å². The molecule has 0 aliphatic heterocycles. The molecule has 0 saturated carbocycles. The van der Waals surface area contributed by atoms with Crippen LogP contribution in [0.1, 0.15) is 32.6 Å². The van der Waals surface area contributed by atoms with Crippen molar-refractivity contribution in [1.29, 1.82) is 0 Å². The number of hydrogen-bond donors (Lipinski definition) is 0. The zero-order valence-corrected chi connectivity index (χ0v) is 13.2. The van der Waals surface area contributed by atoms with E-state index in [4.69, 9.17) is 0 Å². The molecule has 0 amide bonds. The summed E-state index contributed by atoms with van der Waals surface area (Å²) in [5, 5.41) is 0. The Labute approximate surface area is 104 Å². The zero-order chi connectivity index (χ0) is 11.6. The summed E-state index contributed by atoms with van der Waals surface area (Å²) in [6.45, 7) is 2.29. The Bertz CT molecular complexity index is 392. The molecular weight excluding hydrogens is 271 g/mol. The van der Waals surface area contributed by atoms with Gasteiger partial charge in [-0.05, 0) is 0 Å². The van der Waals surface area contributed by atoms with Crippen LogP contribution < -0.4 is 0 Å². The Morgan fingerprint density at radius 3 is 2.62 bits per heavy atom. The molecule has 0 spiro atoms. The van der Waals surface area contributed by atoms with Gasteiger partial charge in [0.15, 0.2) is 0 Å². The molecule has 2 aliphatic carbocycles. The third-order valence-electron chi connectivity index (χ3n) is 3.88. The Kier molecular flexibility index (Phi) is 3.85. The van der Waals surface area contributed by atoms with E-state index < -0.39 is 20.3 Å². The van der Waals surface area contributed by atoms with E-state index in [-0.39, 0.29) is 0 Å². The summed E-state index contributed by atoms with van der Waals surface area (Å²) in [7, 11) is 0. The van der Waals surface area contributed by atoms with Gasteiger partial charge in [0.1, 0.15) is 0 Å². The number of hydrogen-bond acceptors (Lipinski definition) is 0. The summed E-state index contributed by atoms with van der Waals surface area (Å²) in [6, 6.07) is 0. The molecule has 0 aromatic carbocycles. The maximum absolute atomic E-state index is 2.59. The van der Waals surface area contributed by atoms with E-state index in [9.17, 15) is 0 Å². The van der Waals surface area contributed by atoms with Crippen molar-refractivity contribution in [2.75, 3.05) is 0 Å². The average Bonchev–Trinajstić information content (AvgIpc) is 2.88. The fourth-order valence-electron chi connectivity index (χ4n) is 2.82. The Morgan fingerprint density at radius 1 is 1.19 bits per heavy atom. The van der Waals surface area contributed by atoms with Crippen molar-refractivity contribution in [3.05, 3.63) is 42.5 Å². The summed E-state index contributed by atoms with van der Waals surface area (Å²) in [5.41, 5.74) is 1.68. The molecular formula is C15H22Zr. The fraction of sp³-hybridized carbons (Fsp3) is 0.467. The molecule has 16 heavy (non-hydrogen) atoms. The summed E-state index contributed by atoms with van der Waals surface area (Å²) < 4.78 is 8.81. The average molecular weight is 294 g/mol. The molecule has 0 unspecified atom stereocenters. The van der Waals surface area contributed by atoms with Crippen molar-refractivity contribution in [1.82, 2.24) is 0 Å². The van der Waals surface area contributed by atoms with Crippen LogP contribution in [0.4, 0.5) is 0 Å². The van der Waals surface area contributed by atoms with Crippen LogP contribution in [-0.4, -0.2) is 0 Å². The molecule has 0 aromatic rings. The van der Waals surface area contributed by atoms with E-state index in [1.54, 1.807) is 8.85 Å². The van der Waals surface area contributed by atoms with Gasteiger partial charge in [-0.1, -0.05) is 0 Å². The molecule has 86 valence electrons. The monoisotopic (exact) mass is 292 g/mol. The van der Waals surface area contributed by atoms with Crippen molar-refractivity contribution in [3.8, 4) is 0 Å². The van der Waals surface area contributed by atoms with Gasteiger partial charge in [-0.25, -0.2) is 0 Å². The topological polar surface area (TPSA) is 0 Å². The van der Waals surface area contributed by atoms with E-state index in [0.717, 1.165) is 0 Å². The van der Waals surface area contributed by atoms with E-state index in [1.807, 2.05) is 3.28 Å². The van der Waals surface area contributed by atoms with Crippen LogP contribution in [0.25, 0.3) is 0 Å². The Morgan fingerprint density at radius 2 is 2.00 bits per heavy atom. The molecule has 0 saturated heterocycles. The van der Waals surface area contributed by atoms with Crippen molar-refractivity contribution >= 4 is 0 Å². The predicted molar refractivity (Wildman–Crippen MR) is 69.3 cm³/mol. The molecule has 0 heterocycles. The van der Waals surface area contributed by atoms with Gasteiger partial charge in [0.25, 0.3) is 0 Å². The van der Waals surface area contributed by atoms with Gasteiger partial charge < -0.3 is 0 Å². The van der Waals surface area contributed by atoms with Gasteiger partial charge in [-0.15, -0.1) is 0 Å². The SMILES string of the molecule is CCCC1=[C]([Zr]([CH3])([CH3])[C]2=CC=CC2)CC=C1. The Balaban J connectivity index is 2.26. The molecule has 2 rings (SSSR count). The van der Waals surface area contributed by atoms with E-state index in [1.165, 1.54) is 25.7 Å². The molecule has 0 aromatic heterocycles. The summed E-state index contributed by atoms with van der Waals surface area (Å²) in [4.78, 5) is 0. The van der Waals surface area contributed by atoms with Gasteiger partial charge in [-0.3, -0.25) is 0 Å². The fourth-order valence-corrected chi connectivity index (χ4v) is 10.6. The summed E-state index contributed by atoms with van der Waals surface area (Å²) in [6.07, 6.45) is 16.8. The number of rotatable bonds is 4. The van der Waals surface area contributed by atoms with Gasteiger partial charge in [0, 0.05) is 0 Å². The van der Waals surface area contributed by atoms with Crippen molar-refractivity contribution < 1.29 is 20.3 Å². The first-order valence-corrected chi connectivity index (χ1v) is 13.8. The van der Waals surface area contributed by atoms with Crippen LogP contribution in [0.2, 0.25) is 9.26 Å². The number of allylic oxidation sites excluding steroid dienone is 8. The second kappa shape index (κ2) is 5.00. The van der Waals surface area contributed by atoms with Gasteiger partial charge >= 0.3 is 105 Å². The molecule has 0 bridgehead atoms. The standard InChI is InChI=1S/C8H11.C5H5.2CH3.Zr/c1-2-5-8-6-3-4-7-8;1-2-4-5-3-1;;;/h3,6H,2,4-5H2,1H3;1-3H,4H2;2*1H3;. The van der Waals surface area contributed by atoms with E-state index >= 15 is 0 Å². The molecule has 0 radical (unpaired) electrons. The van der Waals surface area contributed by atoms with Crippen molar-refractivity contribution in [2.24, 2.45) is 0 Å². The first-order valence-electron chi connectivity index (χ1n) is 6.41. The zero-order valence-electron chi connectivity index (χ0n) is 10.7. The van der Waals surface area contributed by atoms with Crippen molar-refractivity contribution in [3.63, 3.8) is 0 Å². The van der Waals surface area contributed by atoms with E-state index in [0.29, 0.717) is 0 Å². The van der Waals surface area contributed by atoms with Crippen LogP contribution in [0, 0.1) is 0 Å². The van der Waals surface area contributed by atoms with Gasteiger partial charge in [0.2, 0.25) is 0 Å². The van der Waals surface area contributed by atoms with Gasteiger partial charge in [-0.2, -0.15) is 0 Å². The predicted octanol–water partition coefficient (Wildman–Crippen LogP) is 5.09. The summed E-state index contributed by atoms with van der Waals surface area (Å²) in [5.74, 6) is 0. The summed E-state index contributed by atoms with van der Waals surface area (Å²) >= 11 is -2.13. The van der Waals surface area contributed by atoms with E-state index in [2.05, 4.69) is 46.6 Å². The van der Waals surface area contributed by atoms with Crippen LogP contribution in [0.5, 0.6) is 0 Å². The molecule has 1 heteroatoms. The quantitative estimate of drug-likeness (QED) is 0.677. The third-order valence-corrected chi connectivity index (χ3v) is 13.7. The maximum atomic E-state index is 2.59. The minimum absolute atomic E-state index is 1.23. The molecule has 0 N–H and O–H groups in total. The van der Waals surface area contributed by atoms with Crippen LogP contribution in [-0.2, 0) is 20.3 Å². The third kappa shape index (κ3) is 2.25. The first-order chi connectivity index (χ1) is 7.66. The molecule has 0 nitrogen and oxygen atoms in total. The Hall–Kier alpha value is -0.157. The van der Waals surface area contributed by atoms with Gasteiger partial charge in [0.05, 0.1) is 0 Å². The molecule has 0 fully saturated rings. The normalized spacial score (nSPS) is 19.8. The van der Waals surface area contributed by atoms with Crippen LogP contribution >= 0.6 is 0 Å².